The van der Waals surface area contributed by atoms with Gasteiger partial charge in [0.25, 0.3) is 5.92 Å². The van der Waals surface area contributed by atoms with Crippen molar-refractivity contribution in [3.8, 4) is 11.1 Å². The van der Waals surface area contributed by atoms with E-state index < -0.39 is 36.6 Å². The molecule has 1 amide bonds. The molecule has 4 rings (SSSR count). The molecule has 140 valence electrons. The van der Waals surface area contributed by atoms with Gasteiger partial charge < -0.3 is 9.47 Å². The highest BCUT2D eigenvalue weighted by Gasteiger charge is 2.46. The number of rotatable bonds is 3. The van der Waals surface area contributed by atoms with Gasteiger partial charge in [0.05, 0.1) is 23.6 Å². The smallest absolute Gasteiger partial charge is 0.282 e. The lowest BCUT2D eigenvalue weighted by Gasteiger charge is -2.38. The van der Waals surface area contributed by atoms with Crippen molar-refractivity contribution in [2.75, 3.05) is 13.1 Å². The average molecular weight is 398 g/mol. The molecular weight excluding hydrogens is 386 g/mol. The van der Waals surface area contributed by atoms with E-state index in [-0.39, 0.29) is 6.54 Å². The van der Waals surface area contributed by atoms with Crippen LogP contribution >= 0.6 is 11.6 Å². The number of pyridine rings is 1. The van der Waals surface area contributed by atoms with Crippen molar-refractivity contribution in [1.29, 1.82) is 0 Å². The van der Waals surface area contributed by atoms with Crippen LogP contribution < -0.4 is 0 Å². The first kappa shape index (κ1) is 17.8. The van der Waals surface area contributed by atoms with Crippen molar-refractivity contribution >= 4 is 28.5 Å². The topological polar surface area (TPSA) is 38.1 Å². The van der Waals surface area contributed by atoms with Crippen LogP contribution in [0.2, 0.25) is 5.02 Å². The molecule has 4 nitrogen and oxygen atoms in total. The number of nitrogens with zero attached hydrogens (tertiary/aromatic N) is 3. The second kappa shape index (κ2) is 6.23. The summed E-state index contributed by atoms with van der Waals surface area (Å²) in [7, 11) is 0. The SMILES string of the molecule is O=C(Cn1cc(Cl)c2ncc(-c3ccc(F)c(F)c3)cc21)N1CC(F)(F)C1. The minimum atomic E-state index is -2.84. The highest BCUT2D eigenvalue weighted by Crippen LogP contribution is 2.30. The maximum absolute atomic E-state index is 13.5. The molecule has 3 heterocycles. The molecule has 3 aromatic rings. The van der Waals surface area contributed by atoms with Gasteiger partial charge in [0.1, 0.15) is 12.1 Å². The maximum atomic E-state index is 13.5. The minimum Gasteiger partial charge on any atom is -0.335 e. The molecular formula is C18H12ClF4N3O. The van der Waals surface area contributed by atoms with Crippen LogP contribution in [0, 0.1) is 11.6 Å². The van der Waals surface area contributed by atoms with Gasteiger partial charge in [-0.1, -0.05) is 17.7 Å². The number of halogens is 5. The Bertz CT molecular complexity index is 1060. The van der Waals surface area contributed by atoms with E-state index in [1.165, 1.54) is 23.0 Å². The molecule has 0 N–H and O–H groups in total. The summed E-state index contributed by atoms with van der Waals surface area (Å²) in [4.78, 5) is 17.5. The predicted molar refractivity (Wildman–Crippen MR) is 91.6 cm³/mol. The van der Waals surface area contributed by atoms with Crippen LogP contribution in [0.25, 0.3) is 22.2 Å². The lowest BCUT2D eigenvalue weighted by atomic mass is 10.1. The molecule has 0 saturated carbocycles. The molecule has 0 spiro atoms. The van der Waals surface area contributed by atoms with Gasteiger partial charge in [0.15, 0.2) is 11.6 Å². The highest BCUT2D eigenvalue weighted by atomic mass is 35.5. The molecule has 0 aliphatic carbocycles. The van der Waals surface area contributed by atoms with Gasteiger partial charge in [0, 0.05) is 18.0 Å². The number of alkyl halides is 2. The number of carbonyl (C=O) groups is 1. The zero-order valence-corrected chi connectivity index (χ0v) is 14.5. The third kappa shape index (κ3) is 3.25. The Morgan fingerprint density at radius 3 is 2.56 bits per heavy atom. The molecule has 0 unspecified atom stereocenters. The summed E-state index contributed by atoms with van der Waals surface area (Å²) in [6.45, 7) is -1.38. The zero-order chi connectivity index (χ0) is 19.3. The van der Waals surface area contributed by atoms with Gasteiger partial charge in [-0.3, -0.25) is 9.78 Å². The van der Waals surface area contributed by atoms with E-state index >= 15 is 0 Å². The van der Waals surface area contributed by atoms with Crippen molar-refractivity contribution in [1.82, 2.24) is 14.5 Å². The van der Waals surface area contributed by atoms with Crippen LogP contribution in [0.4, 0.5) is 17.6 Å². The quantitative estimate of drug-likeness (QED) is 0.624. The number of hydrogen-bond donors (Lipinski definition) is 0. The largest absolute Gasteiger partial charge is 0.335 e. The Morgan fingerprint density at radius 2 is 1.89 bits per heavy atom. The Labute approximate surface area is 156 Å². The standard InChI is InChI=1S/C18H12ClF4N3O/c19-12-6-25(7-16(27)26-8-18(22,23)9-26)15-4-11(5-24-17(12)15)10-1-2-13(20)14(21)3-10/h1-6H,7-9H2. The van der Waals surface area contributed by atoms with E-state index in [4.69, 9.17) is 11.6 Å². The van der Waals surface area contributed by atoms with E-state index in [1.807, 2.05) is 0 Å². The number of carbonyl (C=O) groups excluding carboxylic acids is 1. The summed E-state index contributed by atoms with van der Waals surface area (Å²) < 4.78 is 54.1. The molecule has 27 heavy (non-hydrogen) atoms. The molecule has 2 aromatic heterocycles. The van der Waals surface area contributed by atoms with Gasteiger partial charge in [-0.2, -0.15) is 0 Å². The summed E-state index contributed by atoms with van der Waals surface area (Å²) in [5, 5.41) is 0.295. The first-order valence-corrected chi connectivity index (χ1v) is 8.37. The van der Waals surface area contributed by atoms with Crippen molar-refractivity contribution in [3.05, 3.63) is 53.3 Å². The van der Waals surface area contributed by atoms with Crippen molar-refractivity contribution in [3.63, 3.8) is 0 Å². The van der Waals surface area contributed by atoms with Gasteiger partial charge in [-0.15, -0.1) is 0 Å². The van der Waals surface area contributed by atoms with Gasteiger partial charge >= 0.3 is 0 Å². The highest BCUT2D eigenvalue weighted by molar-refractivity contribution is 6.35. The molecule has 0 radical (unpaired) electrons. The first-order chi connectivity index (χ1) is 12.7. The van der Waals surface area contributed by atoms with Crippen LogP contribution in [-0.4, -0.2) is 39.4 Å². The summed E-state index contributed by atoms with van der Waals surface area (Å²) in [6, 6.07) is 5.09. The molecule has 0 atom stereocenters. The molecule has 1 saturated heterocycles. The summed E-state index contributed by atoms with van der Waals surface area (Å²) in [5.74, 6) is -5.26. The second-order valence-corrected chi connectivity index (χ2v) is 6.84. The molecule has 0 bridgehead atoms. The van der Waals surface area contributed by atoms with Gasteiger partial charge in [-0.05, 0) is 23.8 Å². The van der Waals surface area contributed by atoms with Crippen LogP contribution in [0.1, 0.15) is 0 Å². The molecule has 9 heteroatoms. The van der Waals surface area contributed by atoms with E-state index in [1.54, 1.807) is 6.07 Å². The number of likely N-dealkylation sites (tertiary alicyclic amines) is 1. The number of fused-ring (bicyclic) bond motifs is 1. The molecule has 1 aliphatic heterocycles. The van der Waals surface area contributed by atoms with E-state index in [0.29, 0.717) is 27.2 Å². The molecule has 1 aromatic carbocycles. The normalized spacial score (nSPS) is 15.8. The second-order valence-electron chi connectivity index (χ2n) is 6.43. The zero-order valence-electron chi connectivity index (χ0n) is 13.7. The van der Waals surface area contributed by atoms with E-state index in [0.717, 1.165) is 17.0 Å². The summed E-state index contributed by atoms with van der Waals surface area (Å²) >= 11 is 6.14. The van der Waals surface area contributed by atoms with Crippen LogP contribution in [-0.2, 0) is 11.3 Å². The van der Waals surface area contributed by atoms with Crippen molar-refractivity contribution in [2.24, 2.45) is 0 Å². The Kier molecular flexibility index (Phi) is 4.10. The summed E-state index contributed by atoms with van der Waals surface area (Å²) in [5.41, 5.74) is 1.81. The van der Waals surface area contributed by atoms with Gasteiger partial charge in [0.2, 0.25) is 5.91 Å². The Hall–Kier alpha value is -2.61. The minimum absolute atomic E-state index is 0.178. The fourth-order valence-electron chi connectivity index (χ4n) is 3.02. The summed E-state index contributed by atoms with van der Waals surface area (Å²) in [6.07, 6.45) is 2.95. The predicted octanol–water partition coefficient (Wildman–Crippen LogP) is 4.11. The molecule has 1 fully saturated rings. The number of hydrogen-bond acceptors (Lipinski definition) is 2. The fourth-order valence-corrected chi connectivity index (χ4v) is 3.29. The van der Waals surface area contributed by atoms with Gasteiger partial charge in [-0.25, -0.2) is 17.6 Å². The lowest BCUT2D eigenvalue weighted by molar-refractivity contribution is -0.166. The third-order valence-corrected chi connectivity index (χ3v) is 4.70. The molecule has 1 aliphatic rings. The van der Waals surface area contributed by atoms with Crippen LogP contribution in [0.3, 0.4) is 0 Å². The van der Waals surface area contributed by atoms with E-state index in [9.17, 15) is 22.4 Å². The van der Waals surface area contributed by atoms with Crippen LogP contribution in [0.5, 0.6) is 0 Å². The Morgan fingerprint density at radius 1 is 1.15 bits per heavy atom. The lowest BCUT2D eigenvalue weighted by Crippen LogP contribution is -2.59. The number of benzene rings is 1. The van der Waals surface area contributed by atoms with Crippen LogP contribution in [0.15, 0.2) is 36.7 Å². The Balaban J connectivity index is 1.67. The van der Waals surface area contributed by atoms with Crippen molar-refractivity contribution in [2.45, 2.75) is 12.5 Å². The maximum Gasteiger partial charge on any atom is 0.282 e. The van der Waals surface area contributed by atoms with Crippen molar-refractivity contribution < 1.29 is 22.4 Å². The number of amides is 1. The fraction of sp³-hybridized carbons (Fsp3) is 0.222. The monoisotopic (exact) mass is 397 g/mol. The third-order valence-electron chi connectivity index (χ3n) is 4.43. The average Bonchev–Trinajstić information content (AvgIpc) is 2.90. The van der Waals surface area contributed by atoms with E-state index in [2.05, 4.69) is 4.98 Å². The first-order valence-electron chi connectivity index (χ1n) is 7.99. The number of aromatic nitrogens is 2.